The second-order valence-corrected chi connectivity index (χ2v) is 6.51. The Hall–Kier alpha value is -3.66. The van der Waals surface area contributed by atoms with Crippen LogP contribution in [0.5, 0.6) is 0 Å². The van der Waals surface area contributed by atoms with Gasteiger partial charge in [-0.2, -0.15) is 0 Å². The number of ether oxygens (including phenoxy) is 2. The summed E-state index contributed by atoms with van der Waals surface area (Å²) in [5, 5.41) is 16.4. The van der Waals surface area contributed by atoms with Crippen LogP contribution in [0, 0.1) is 10.1 Å². The smallest absolute Gasteiger partial charge is 0.338 e. The van der Waals surface area contributed by atoms with Gasteiger partial charge in [0, 0.05) is 37.6 Å². The average Bonchev–Trinajstić information content (AvgIpc) is 2.78. The summed E-state index contributed by atoms with van der Waals surface area (Å²) in [7, 11) is 1.54. The van der Waals surface area contributed by atoms with Crippen LogP contribution in [0.1, 0.15) is 10.4 Å². The predicted octanol–water partition coefficient (Wildman–Crippen LogP) is 2.27. The van der Waals surface area contributed by atoms with E-state index in [0.717, 1.165) is 24.8 Å². The summed E-state index contributed by atoms with van der Waals surface area (Å²) in [5.74, 6) is -1.33. The molecule has 10 nitrogen and oxygen atoms in total. The highest BCUT2D eigenvalue weighted by Gasteiger charge is 2.18. The molecule has 1 amide bonds. The predicted molar refractivity (Wildman–Crippen MR) is 111 cm³/mol. The van der Waals surface area contributed by atoms with E-state index in [9.17, 15) is 19.7 Å². The molecule has 0 saturated carbocycles. The molecule has 10 heteroatoms. The standard InChI is InChI=1S/C20H22N4O6/c1-21-17-7-2-14(12-18(17)24(27)28)20(26)30-13-19(25)22-15-3-5-16(6-4-15)23-8-10-29-11-9-23/h2-7,12,21H,8-11,13H2,1H3,(H,22,25). The van der Waals surface area contributed by atoms with Gasteiger partial charge in [-0.05, 0) is 36.4 Å². The molecule has 0 spiro atoms. The molecule has 1 fully saturated rings. The van der Waals surface area contributed by atoms with Crippen molar-refractivity contribution in [3.05, 3.63) is 58.1 Å². The lowest BCUT2D eigenvalue weighted by Gasteiger charge is -2.28. The molecule has 1 aliphatic heterocycles. The molecule has 0 aromatic heterocycles. The van der Waals surface area contributed by atoms with Crippen molar-refractivity contribution in [3.63, 3.8) is 0 Å². The number of nitrogens with zero attached hydrogens (tertiary/aromatic N) is 2. The van der Waals surface area contributed by atoms with Crippen LogP contribution in [0.4, 0.5) is 22.7 Å². The molecule has 1 saturated heterocycles. The van der Waals surface area contributed by atoms with Crippen molar-refractivity contribution in [2.24, 2.45) is 0 Å². The minimum absolute atomic E-state index is 0.0108. The lowest BCUT2D eigenvalue weighted by atomic mass is 10.1. The molecule has 2 aromatic rings. The number of nitro benzene ring substituents is 1. The van der Waals surface area contributed by atoms with Gasteiger partial charge in [-0.25, -0.2) is 4.79 Å². The van der Waals surface area contributed by atoms with Gasteiger partial charge in [0.25, 0.3) is 11.6 Å². The average molecular weight is 414 g/mol. The zero-order valence-electron chi connectivity index (χ0n) is 16.4. The number of rotatable bonds is 7. The van der Waals surface area contributed by atoms with Crippen molar-refractivity contribution < 1.29 is 24.0 Å². The van der Waals surface area contributed by atoms with Crippen molar-refractivity contribution in [2.75, 3.05) is 55.5 Å². The molecule has 0 aliphatic carbocycles. The number of esters is 1. The Morgan fingerprint density at radius 2 is 1.87 bits per heavy atom. The minimum atomic E-state index is -0.821. The van der Waals surface area contributed by atoms with E-state index in [-0.39, 0.29) is 16.9 Å². The van der Waals surface area contributed by atoms with Gasteiger partial charge in [-0.1, -0.05) is 0 Å². The van der Waals surface area contributed by atoms with E-state index in [2.05, 4.69) is 15.5 Å². The number of carbonyl (C=O) groups is 2. The summed E-state index contributed by atoms with van der Waals surface area (Å²) < 4.78 is 10.3. The maximum absolute atomic E-state index is 12.1. The lowest BCUT2D eigenvalue weighted by molar-refractivity contribution is -0.384. The van der Waals surface area contributed by atoms with Gasteiger partial charge >= 0.3 is 5.97 Å². The topological polar surface area (TPSA) is 123 Å². The van der Waals surface area contributed by atoms with Crippen molar-refractivity contribution in [3.8, 4) is 0 Å². The minimum Gasteiger partial charge on any atom is -0.452 e. The number of hydrogen-bond donors (Lipinski definition) is 2. The molecule has 2 N–H and O–H groups in total. The third-order valence-electron chi connectivity index (χ3n) is 4.56. The van der Waals surface area contributed by atoms with Crippen LogP contribution in [0.3, 0.4) is 0 Å². The highest BCUT2D eigenvalue weighted by atomic mass is 16.6. The number of hydrogen-bond acceptors (Lipinski definition) is 8. The first-order valence-electron chi connectivity index (χ1n) is 9.34. The van der Waals surface area contributed by atoms with Gasteiger partial charge in [-0.15, -0.1) is 0 Å². The van der Waals surface area contributed by atoms with E-state index in [1.807, 2.05) is 12.1 Å². The van der Waals surface area contributed by atoms with E-state index < -0.39 is 23.4 Å². The Labute approximate surface area is 172 Å². The Morgan fingerprint density at radius 1 is 1.17 bits per heavy atom. The fourth-order valence-electron chi connectivity index (χ4n) is 3.01. The Morgan fingerprint density at radius 3 is 2.50 bits per heavy atom. The lowest BCUT2D eigenvalue weighted by Crippen LogP contribution is -2.36. The Kier molecular flexibility index (Phi) is 6.81. The van der Waals surface area contributed by atoms with E-state index >= 15 is 0 Å². The SMILES string of the molecule is CNc1ccc(C(=O)OCC(=O)Nc2ccc(N3CCOCC3)cc2)cc1[N+](=O)[O-]. The summed E-state index contributed by atoms with van der Waals surface area (Å²) in [6.07, 6.45) is 0. The molecule has 1 heterocycles. The summed E-state index contributed by atoms with van der Waals surface area (Å²) in [6.45, 7) is 2.49. The Balaban J connectivity index is 1.53. The molecule has 3 rings (SSSR count). The molecule has 0 atom stereocenters. The molecule has 0 radical (unpaired) electrons. The first-order chi connectivity index (χ1) is 14.5. The maximum atomic E-state index is 12.1. The van der Waals surface area contributed by atoms with Crippen LogP contribution >= 0.6 is 0 Å². The highest BCUT2D eigenvalue weighted by Crippen LogP contribution is 2.25. The van der Waals surface area contributed by atoms with Crippen LogP contribution in [0.25, 0.3) is 0 Å². The van der Waals surface area contributed by atoms with E-state index in [0.29, 0.717) is 18.9 Å². The number of benzene rings is 2. The zero-order valence-corrected chi connectivity index (χ0v) is 16.4. The van der Waals surface area contributed by atoms with Crippen molar-refractivity contribution >= 4 is 34.6 Å². The van der Waals surface area contributed by atoms with Gasteiger partial charge in [0.05, 0.1) is 23.7 Å². The Bertz CT molecular complexity index is 925. The second-order valence-electron chi connectivity index (χ2n) is 6.51. The molecular weight excluding hydrogens is 392 g/mol. The number of nitro groups is 1. The number of carbonyl (C=O) groups excluding carboxylic acids is 2. The normalized spacial score (nSPS) is 13.4. The molecular formula is C20H22N4O6. The van der Waals surface area contributed by atoms with Gasteiger partial charge < -0.3 is 25.0 Å². The zero-order chi connectivity index (χ0) is 21.5. The maximum Gasteiger partial charge on any atom is 0.338 e. The third-order valence-corrected chi connectivity index (χ3v) is 4.56. The monoisotopic (exact) mass is 414 g/mol. The molecule has 158 valence electrons. The van der Waals surface area contributed by atoms with Crippen molar-refractivity contribution in [1.29, 1.82) is 0 Å². The molecule has 1 aliphatic rings. The summed E-state index contributed by atoms with van der Waals surface area (Å²) in [4.78, 5) is 36.9. The van der Waals surface area contributed by atoms with Gasteiger partial charge in [-0.3, -0.25) is 14.9 Å². The van der Waals surface area contributed by atoms with Gasteiger partial charge in [0.1, 0.15) is 5.69 Å². The fraction of sp³-hybridized carbons (Fsp3) is 0.300. The molecule has 30 heavy (non-hydrogen) atoms. The van der Waals surface area contributed by atoms with Gasteiger partial charge in [0.2, 0.25) is 0 Å². The summed E-state index contributed by atoms with van der Waals surface area (Å²) in [6, 6.07) is 11.2. The van der Waals surface area contributed by atoms with Gasteiger partial charge in [0.15, 0.2) is 6.61 Å². The van der Waals surface area contributed by atoms with Crippen molar-refractivity contribution in [1.82, 2.24) is 0 Å². The van der Waals surface area contributed by atoms with Crippen LogP contribution in [-0.2, 0) is 14.3 Å². The van der Waals surface area contributed by atoms with Crippen LogP contribution in [0.2, 0.25) is 0 Å². The number of morpholine rings is 1. The first kappa shape index (κ1) is 21.1. The van der Waals surface area contributed by atoms with Crippen LogP contribution in [-0.4, -0.2) is 56.8 Å². The fourth-order valence-corrected chi connectivity index (χ4v) is 3.01. The van der Waals surface area contributed by atoms with E-state index in [4.69, 9.17) is 9.47 Å². The largest absolute Gasteiger partial charge is 0.452 e. The molecule has 2 aromatic carbocycles. The number of amides is 1. The van der Waals surface area contributed by atoms with Crippen LogP contribution in [0.15, 0.2) is 42.5 Å². The quantitative estimate of drug-likeness (QED) is 0.402. The number of anilines is 3. The summed E-state index contributed by atoms with van der Waals surface area (Å²) >= 11 is 0. The molecule has 0 unspecified atom stereocenters. The number of nitrogens with one attached hydrogen (secondary N) is 2. The van der Waals surface area contributed by atoms with E-state index in [1.165, 1.54) is 19.2 Å². The summed E-state index contributed by atoms with van der Waals surface area (Å²) in [5.41, 5.74) is 1.62. The van der Waals surface area contributed by atoms with Crippen molar-refractivity contribution in [2.45, 2.75) is 0 Å². The second kappa shape index (κ2) is 9.70. The highest BCUT2D eigenvalue weighted by molar-refractivity contribution is 5.96. The molecule has 0 bridgehead atoms. The van der Waals surface area contributed by atoms with Crippen LogP contribution < -0.4 is 15.5 Å². The third kappa shape index (κ3) is 5.23. The van der Waals surface area contributed by atoms with E-state index in [1.54, 1.807) is 12.1 Å². The first-order valence-corrected chi connectivity index (χ1v) is 9.34.